The molecule has 2 heteroatoms. The standard InChI is InChI=1S/C16H24ClN/c1-2-3-4-5-8-11-16(12-18-13-16)14-9-6-7-10-15(14)17/h6-7,9-10,18H,2-5,8,11-13H2,1H3. The minimum atomic E-state index is 0.310. The van der Waals surface area contributed by atoms with Crippen LogP contribution in [-0.2, 0) is 5.41 Å². The molecule has 0 aliphatic carbocycles. The molecule has 0 amide bonds. The first-order valence-electron chi connectivity index (χ1n) is 7.24. The van der Waals surface area contributed by atoms with Gasteiger partial charge in [0, 0.05) is 23.5 Å². The average Bonchev–Trinajstić information content (AvgIpc) is 2.33. The molecule has 1 aliphatic heterocycles. The monoisotopic (exact) mass is 265 g/mol. The summed E-state index contributed by atoms with van der Waals surface area (Å²) in [7, 11) is 0. The summed E-state index contributed by atoms with van der Waals surface area (Å²) in [5.74, 6) is 0. The second kappa shape index (κ2) is 6.58. The molecule has 2 rings (SSSR count). The predicted molar refractivity (Wildman–Crippen MR) is 79.4 cm³/mol. The Bertz CT molecular complexity index is 371. The molecule has 1 aromatic carbocycles. The summed E-state index contributed by atoms with van der Waals surface area (Å²) in [5, 5.41) is 4.36. The first-order valence-corrected chi connectivity index (χ1v) is 7.62. The smallest absolute Gasteiger partial charge is 0.0444 e. The summed E-state index contributed by atoms with van der Waals surface area (Å²) in [5.41, 5.74) is 1.66. The molecule has 0 atom stereocenters. The highest BCUT2D eigenvalue weighted by atomic mass is 35.5. The third-order valence-electron chi connectivity index (χ3n) is 4.13. The summed E-state index contributed by atoms with van der Waals surface area (Å²) >= 11 is 6.36. The summed E-state index contributed by atoms with van der Waals surface area (Å²) in [4.78, 5) is 0. The lowest BCUT2D eigenvalue weighted by Gasteiger charge is -2.44. The van der Waals surface area contributed by atoms with E-state index in [0.29, 0.717) is 5.41 Å². The van der Waals surface area contributed by atoms with Crippen LogP contribution in [0.1, 0.15) is 51.0 Å². The molecular weight excluding hydrogens is 242 g/mol. The van der Waals surface area contributed by atoms with E-state index >= 15 is 0 Å². The molecule has 18 heavy (non-hydrogen) atoms. The van der Waals surface area contributed by atoms with Gasteiger partial charge in [0.05, 0.1) is 0 Å². The van der Waals surface area contributed by atoms with Crippen LogP contribution in [0.2, 0.25) is 5.02 Å². The maximum Gasteiger partial charge on any atom is 0.0444 e. The van der Waals surface area contributed by atoms with Gasteiger partial charge < -0.3 is 5.32 Å². The van der Waals surface area contributed by atoms with Crippen molar-refractivity contribution < 1.29 is 0 Å². The molecule has 0 spiro atoms. The van der Waals surface area contributed by atoms with Gasteiger partial charge in [-0.15, -0.1) is 0 Å². The van der Waals surface area contributed by atoms with Gasteiger partial charge in [-0.2, -0.15) is 0 Å². The lowest BCUT2D eigenvalue weighted by atomic mass is 9.71. The first kappa shape index (κ1) is 13.9. The summed E-state index contributed by atoms with van der Waals surface area (Å²) < 4.78 is 0. The van der Waals surface area contributed by atoms with Crippen molar-refractivity contribution in [1.29, 1.82) is 0 Å². The minimum Gasteiger partial charge on any atom is -0.315 e. The fourth-order valence-electron chi connectivity index (χ4n) is 2.89. The Morgan fingerprint density at radius 3 is 2.44 bits per heavy atom. The average molecular weight is 266 g/mol. The fraction of sp³-hybridized carbons (Fsp3) is 0.625. The Morgan fingerprint density at radius 1 is 1.11 bits per heavy atom. The molecule has 0 aromatic heterocycles. The van der Waals surface area contributed by atoms with Gasteiger partial charge in [-0.1, -0.05) is 68.8 Å². The van der Waals surface area contributed by atoms with Crippen molar-refractivity contribution in [3.05, 3.63) is 34.9 Å². The van der Waals surface area contributed by atoms with Crippen molar-refractivity contribution in [2.45, 2.75) is 50.9 Å². The van der Waals surface area contributed by atoms with Gasteiger partial charge >= 0.3 is 0 Å². The van der Waals surface area contributed by atoms with E-state index < -0.39 is 0 Å². The number of nitrogens with one attached hydrogen (secondary N) is 1. The van der Waals surface area contributed by atoms with E-state index in [1.807, 2.05) is 12.1 Å². The van der Waals surface area contributed by atoms with Crippen LogP contribution in [0.5, 0.6) is 0 Å². The van der Waals surface area contributed by atoms with Gasteiger partial charge in [-0.05, 0) is 18.1 Å². The fourth-order valence-corrected chi connectivity index (χ4v) is 3.22. The largest absolute Gasteiger partial charge is 0.315 e. The molecule has 1 heterocycles. The molecular formula is C16H24ClN. The Morgan fingerprint density at radius 2 is 1.83 bits per heavy atom. The van der Waals surface area contributed by atoms with Crippen molar-refractivity contribution >= 4 is 11.6 Å². The van der Waals surface area contributed by atoms with Crippen molar-refractivity contribution in [1.82, 2.24) is 5.32 Å². The zero-order chi connectivity index (χ0) is 12.8. The van der Waals surface area contributed by atoms with Gasteiger partial charge in [-0.25, -0.2) is 0 Å². The quantitative estimate of drug-likeness (QED) is 0.714. The highest BCUT2D eigenvalue weighted by Crippen LogP contribution is 2.37. The number of benzene rings is 1. The number of hydrogen-bond acceptors (Lipinski definition) is 1. The van der Waals surface area contributed by atoms with Crippen LogP contribution >= 0.6 is 11.6 Å². The predicted octanol–water partition coefficient (Wildman–Crippen LogP) is 4.54. The van der Waals surface area contributed by atoms with E-state index in [0.717, 1.165) is 18.1 Å². The number of rotatable bonds is 7. The number of halogens is 1. The van der Waals surface area contributed by atoms with E-state index in [-0.39, 0.29) is 0 Å². The number of unbranched alkanes of at least 4 members (excludes halogenated alkanes) is 4. The lowest BCUT2D eigenvalue weighted by molar-refractivity contribution is 0.249. The Labute approximate surface area is 116 Å². The van der Waals surface area contributed by atoms with Gasteiger partial charge in [0.25, 0.3) is 0 Å². The lowest BCUT2D eigenvalue weighted by Crippen LogP contribution is -2.56. The zero-order valence-electron chi connectivity index (χ0n) is 11.3. The molecule has 1 aliphatic rings. The van der Waals surface area contributed by atoms with Crippen LogP contribution in [0.15, 0.2) is 24.3 Å². The third kappa shape index (κ3) is 3.07. The molecule has 1 saturated heterocycles. The molecule has 1 fully saturated rings. The van der Waals surface area contributed by atoms with Crippen LogP contribution in [-0.4, -0.2) is 13.1 Å². The second-order valence-electron chi connectivity index (χ2n) is 5.53. The summed E-state index contributed by atoms with van der Waals surface area (Å²) in [6, 6.07) is 8.36. The molecule has 0 unspecified atom stereocenters. The molecule has 0 saturated carbocycles. The third-order valence-corrected chi connectivity index (χ3v) is 4.46. The topological polar surface area (TPSA) is 12.0 Å². The van der Waals surface area contributed by atoms with Gasteiger partial charge in [0.2, 0.25) is 0 Å². The van der Waals surface area contributed by atoms with Crippen molar-refractivity contribution in [2.24, 2.45) is 0 Å². The van der Waals surface area contributed by atoms with Crippen LogP contribution in [0.4, 0.5) is 0 Å². The molecule has 0 radical (unpaired) electrons. The Kier molecular flexibility index (Phi) is 5.08. The highest BCUT2D eigenvalue weighted by molar-refractivity contribution is 6.31. The molecule has 1 nitrogen and oxygen atoms in total. The maximum atomic E-state index is 6.36. The van der Waals surface area contributed by atoms with Crippen LogP contribution in [0, 0.1) is 0 Å². The van der Waals surface area contributed by atoms with Crippen LogP contribution < -0.4 is 5.32 Å². The zero-order valence-corrected chi connectivity index (χ0v) is 12.1. The van der Waals surface area contributed by atoms with Crippen molar-refractivity contribution in [2.75, 3.05) is 13.1 Å². The number of hydrogen-bond donors (Lipinski definition) is 1. The summed E-state index contributed by atoms with van der Waals surface area (Å²) in [6.45, 7) is 4.44. The van der Waals surface area contributed by atoms with Gasteiger partial charge in [-0.3, -0.25) is 0 Å². The molecule has 0 bridgehead atoms. The normalized spacial score (nSPS) is 17.4. The van der Waals surface area contributed by atoms with E-state index in [1.54, 1.807) is 0 Å². The SMILES string of the molecule is CCCCCCCC1(c2ccccc2Cl)CNC1. The van der Waals surface area contributed by atoms with E-state index in [2.05, 4.69) is 24.4 Å². The highest BCUT2D eigenvalue weighted by Gasteiger charge is 2.39. The van der Waals surface area contributed by atoms with Crippen LogP contribution in [0.25, 0.3) is 0 Å². The molecule has 1 N–H and O–H groups in total. The van der Waals surface area contributed by atoms with Gasteiger partial charge in [0.1, 0.15) is 0 Å². The Balaban J connectivity index is 1.92. The van der Waals surface area contributed by atoms with E-state index in [1.165, 1.54) is 44.1 Å². The van der Waals surface area contributed by atoms with E-state index in [9.17, 15) is 0 Å². The summed E-state index contributed by atoms with van der Waals surface area (Å²) in [6.07, 6.45) is 8.03. The second-order valence-corrected chi connectivity index (χ2v) is 5.94. The van der Waals surface area contributed by atoms with Gasteiger partial charge in [0.15, 0.2) is 0 Å². The molecule has 100 valence electrons. The molecule has 1 aromatic rings. The van der Waals surface area contributed by atoms with Crippen LogP contribution in [0.3, 0.4) is 0 Å². The first-order chi connectivity index (χ1) is 8.78. The Hall–Kier alpha value is -0.530. The van der Waals surface area contributed by atoms with Crippen molar-refractivity contribution in [3.8, 4) is 0 Å². The van der Waals surface area contributed by atoms with Crippen molar-refractivity contribution in [3.63, 3.8) is 0 Å². The maximum absolute atomic E-state index is 6.36. The minimum absolute atomic E-state index is 0.310. The van der Waals surface area contributed by atoms with E-state index in [4.69, 9.17) is 11.6 Å².